The first kappa shape index (κ1) is 13.3. The number of likely N-dealkylation sites (tertiary alicyclic amines) is 1. The third-order valence-corrected chi connectivity index (χ3v) is 3.88. The fraction of sp³-hybridized carbons (Fsp3) is 0.923. The van der Waals surface area contributed by atoms with E-state index < -0.39 is 0 Å². The number of rotatable bonds is 2. The second kappa shape index (κ2) is 5.55. The van der Waals surface area contributed by atoms with Crippen molar-refractivity contribution in [3.8, 4) is 0 Å². The van der Waals surface area contributed by atoms with Gasteiger partial charge < -0.3 is 9.80 Å². The Labute approximate surface area is 99.8 Å². The van der Waals surface area contributed by atoms with Crippen molar-refractivity contribution in [2.45, 2.75) is 47.1 Å². The van der Waals surface area contributed by atoms with E-state index in [0.717, 1.165) is 19.6 Å². The Kier molecular flexibility index (Phi) is 4.63. The maximum Gasteiger partial charge on any atom is 0.320 e. The van der Waals surface area contributed by atoms with Gasteiger partial charge in [-0.2, -0.15) is 0 Å². The van der Waals surface area contributed by atoms with Gasteiger partial charge in [0.05, 0.1) is 0 Å². The van der Waals surface area contributed by atoms with E-state index in [9.17, 15) is 4.79 Å². The van der Waals surface area contributed by atoms with Gasteiger partial charge >= 0.3 is 6.03 Å². The van der Waals surface area contributed by atoms with E-state index in [2.05, 4.69) is 25.7 Å². The monoisotopic (exact) mass is 226 g/mol. The van der Waals surface area contributed by atoms with Crippen molar-refractivity contribution in [1.29, 1.82) is 0 Å². The zero-order chi connectivity index (χ0) is 12.3. The molecule has 3 heteroatoms. The lowest BCUT2D eigenvalue weighted by Gasteiger charge is -2.43. The maximum atomic E-state index is 12.3. The average Bonchev–Trinajstić information content (AvgIpc) is 2.24. The number of nitrogens with zero attached hydrogens (tertiary/aromatic N) is 2. The summed E-state index contributed by atoms with van der Waals surface area (Å²) in [6, 6.07) is 0.597. The topological polar surface area (TPSA) is 23.6 Å². The minimum Gasteiger partial charge on any atom is -0.325 e. The fourth-order valence-corrected chi connectivity index (χ4v) is 2.64. The predicted molar refractivity (Wildman–Crippen MR) is 67.4 cm³/mol. The molecule has 1 aliphatic rings. The van der Waals surface area contributed by atoms with E-state index in [0.29, 0.717) is 17.9 Å². The van der Waals surface area contributed by atoms with Crippen molar-refractivity contribution in [1.82, 2.24) is 9.80 Å². The highest BCUT2D eigenvalue weighted by molar-refractivity contribution is 5.74. The lowest BCUT2D eigenvalue weighted by molar-refractivity contribution is 0.0798. The Balaban J connectivity index is 2.73. The van der Waals surface area contributed by atoms with Gasteiger partial charge in [0.1, 0.15) is 0 Å². The van der Waals surface area contributed by atoms with Crippen LogP contribution in [0, 0.1) is 11.8 Å². The van der Waals surface area contributed by atoms with Crippen molar-refractivity contribution in [2.24, 2.45) is 11.8 Å². The van der Waals surface area contributed by atoms with Gasteiger partial charge in [-0.25, -0.2) is 4.79 Å². The van der Waals surface area contributed by atoms with Gasteiger partial charge in [0, 0.05) is 25.7 Å². The molecule has 0 aliphatic carbocycles. The second-order valence-corrected chi connectivity index (χ2v) is 5.17. The zero-order valence-electron chi connectivity index (χ0n) is 11.4. The van der Waals surface area contributed by atoms with E-state index in [1.165, 1.54) is 6.42 Å². The van der Waals surface area contributed by atoms with E-state index in [1.54, 1.807) is 0 Å². The Morgan fingerprint density at radius 1 is 1.25 bits per heavy atom. The van der Waals surface area contributed by atoms with Crippen LogP contribution in [0.3, 0.4) is 0 Å². The molecule has 1 heterocycles. The van der Waals surface area contributed by atoms with Gasteiger partial charge in [0.2, 0.25) is 0 Å². The summed E-state index contributed by atoms with van der Waals surface area (Å²) in [6.07, 6.45) is 1.24. The normalized spacial score (nSPS) is 30.3. The number of hydrogen-bond donors (Lipinski definition) is 0. The van der Waals surface area contributed by atoms with E-state index >= 15 is 0 Å². The second-order valence-electron chi connectivity index (χ2n) is 5.17. The van der Waals surface area contributed by atoms with Crippen molar-refractivity contribution in [3.05, 3.63) is 0 Å². The molecule has 0 radical (unpaired) electrons. The van der Waals surface area contributed by atoms with Gasteiger partial charge in [0.25, 0.3) is 0 Å². The minimum absolute atomic E-state index is 0.218. The molecule has 0 N–H and O–H groups in total. The first-order valence-corrected chi connectivity index (χ1v) is 6.56. The molecule has 0 bridgehead atoms. The first-order valence-electron chi connectivity index (χ1n) is 6.56. The molecule has 1 fully saturated rings. The minimum atomic E-state index is 0.218. The SMILES string of the molecule is CCN(CC)C(=O)N1CC(C)CC(C)C1C. The van der Waals surface area contributed by atoms with Gasteiger partial charge in [-0.3, -0.25) is 0 Å². The first-order chi connectivity index (χ1) is 7.51. The summed E-state index contributed by atoms with van der Waals surface area (Å²) in [7, 11) is 0. The number of amides is 2. The number of urea groups is 1. The average molecular weight is 226 g/mol. The van der Waals surface area contributed by atoms with Crippen LogP contribution in [0.2, 0.25) is 0 Å². The van der Waals surface area contributed by atoms with Crippen molar-refractivity contribution in [3.63, 3.8) is 0 Å². The van der Waals surface area contributed by atoms with Crippen molar-refractivity contribution in [2.75, 3.05) is 19.6 Å². The fourth-order valence-electron chi connectivity index (χ4n) is 2.64. The van der Waals surface area contributed by atoms with Gasteiger partial charge in [-0.15, -0.1) is 0 Å². The molecule has 94 valence electrons. The third kappa shape index (κ3) is 2.69. The molecule has 0 aromatic carbocycles. The molecule has 0 aromatic rings. The standard InChI is InChI=1S/C13H26N2O/c1-6-14(7-2)13(16)15-9-10(3)8-11(4)12(15)5/h10-12H,6-9H2,1-5H3. The zero-order valence-corrected chi connectivity index (χ0v) is 11.4. The molecule has 2 amide bonds. The summed E-state index contributed by atoms with van der Waals surface area (Å²) < 4.78 is 0. The van der Waals surface area contributed by atoms with Crippen molar-refractivity contribution >= 4 is 6.03 Å². The Morgan fingerprint density at radius 3 is 2.31 bits per heavy atom. The Bertz CT molecular complexity index is 238. The predicted octanol–water partition coefficient (Wildman–Crippen LogP) is 2.81. The number of piperidine rings is 1. The summed E-state index contributed by atoms with van der Waals surface area (Å²) in [5.41, 5.74) is 0. The van der Waals surface area contributed by atoms with Crippen LogP contribution in [0.1, 0.15) is 41.0 Å². The lowest BCUT2D eigenvalue weighted by Crippen LogP contribution is -2.53. The smallest absolute Gasteiger partial charge is 0.320 e. The van der Waals surface area contributed by atoms with E-state index in [4.69, 9.17) is 0 Å². The molecule has 0 spiro atoms. The molecule has 1 saturated heterocycles. The highest BCUT2D eigenvalue weighted by atomic mass is 16.2. The number of hydrogen-bond acceptors (Lipinski definition) is 1. The van der Waals surface area contributed by atoms with Crippen LogP contribution >= 0.6 is 0 Å². The van der Waals surface area contributed by atoms with Crippen molar-refractivity contribution < 1.29 is 4.79 Å². The Morgan fingerprint density at radius 2 is 1.81 bits per heavy atom. The lowest BCUT2D eigenvalue weighted by atomic mass is 9.86. The van der Waals surface area contributed by atoms with E-state index in [1.807, 2.05) is 18.7 Å². The number of carbonyl (C=O) groups is 1. The Hall–Kier alpha value is -0.730. The van der Waals surface area contributed by atoms with Crippen LogP contribution in [0.25, 0.3) is 0 Å². The maximum absolute atomic E-state index is 12.3. The molecule has 3 unspecified atom stereocenters. The molecule has 1 rings (SSSR count). The molecular formula is C13H26N2O. The largest absolute Gasteiger partial charge is 0.325 e. The summed E-state index contributed by atoms with van der Waals surface area (Å²) in [5.74, 6) is 1.24. The quantitative estimate of drug-likeness (QED) is 0.710. The molecule has 3 atom stereocenters. The molecule has 3 nitrogen and oxygen atoms in total. The van der Waals surface area contributed by atoms with Crippen LogP contribution < -0.4 is 0 Å². The molecule has 1 aliphatic heterocycles. The van der Waals surface area contributed by atoms with Gasteiger partial charge in [0.15, 0.2) is 0 Å². The number of carbonyl (C=O) groups excluding carboxylic acids is 1. The highest BCUT2D eigenvalue weighted by Gasteiger charge is 2.33. The van der Waals surface area contributed by atoms with Crippen LogP contribution in [0.4, 0.5) is 4.79 Å². The summed E-state index contributed by atoms with van der Waals surface area (Å²) >= 11 is 0. The molecule has 0 saturated carbocycles. The highest BCUT2D eigenvalue weighted by Crippen LogP contribution is 2.27. The molecule has 16 heavy (non-hydrogen) atoms. The van der Waals surface area contributed by atoms with Crippen LogP contribution in [0.5, 0.6) is 0 Å². The van der Waals surface area contributed by atoms with Crippen LogP contribution in [-0.4, -0.2) is 41.5 Å². The summed E-state index contributed by atoms with van der Waals surface area (Å²) in [6.45, 7) is 13.3. The summed E-state index contributed by atoms with van der Waals surface area (Å²) in [5, 5.41) is 0. The van der Waals surface area contributed by atoms with Crippen LogP contribution in [0.15, 0.2) is 0 Å². The van der Waals surface area contributed by atoms with Gasteiger partial charge in [-0.1, -0.05) is 13.8 Å². The summed E-state index contributed by atoms with van der Waals surface area (Å²) in [4.78, 5) is 16.3. The van der Waals surface area contributed by atoms with Gasteiger partial charge in [-0.05, 0) is 39.0 Å². The van der Waals surface area contributed by atoms with Crippen LogP contribution in [-0.2, 0) is 0 Å². The molecule has 0 aromatic heterocycles. The third-order valence-electron chi connectivity index (χ3n) is 3.88. The molecular weight excluding hydrogens is 200 g/mol. The van der Waals surface area contributed by atoms with E-state index in [-0.39, 0.29) is 6.03 Å².